The van der Waals surface area contributed by atoms with Gasteiger partial charge in [0, 0.05) is 10.7 Å². The molecule has 23 heavy (non-hydrogen) atoms. The summed E-state index contributed by atoms with van der Waals surface area (Å²) in [6.45, 7) is 11.3. The Morgan fingerprint density at radius 2 is 1.78 bits per heavy atom. The minimum Gasteiger partial charge on any atom is -0.392 e. The Hall–Kier alpha value is 0.110. The van der Waals surface area contributed by atoms with Crippen LogP contribution >= 0.6 is 15.9 Å². The average Bonchev–Trinajstić information content (AvgIpc) is 2.78. The second-order valence-electron chi connectivity index (χ2n) is 9.48. The van der Waals surface area contributed by atoms with Gasteiger partial charge in [-0.15, -0.1) is 0 Å². The smallest absolute Gasteiger partial charge is 0.135 e. The van der Waals surface area contributed by atoms with Crippen molar-refractivity contribution in [3.05, 3.63) is 0 Å². The summed E-state index contributed by atoms with van der Waals surface area (Å²) in [6, 6.07) is 0. The van der Waals surface area contributed by atoms with Gasteiger partial charge in [-0.25, -0.2) is 0 Å². The molecule has 0 amide bonds. The van der Waals surface area contributed by atoms with E-state index in [0.29, 0.717) is 34.4 Å². The van der Waals surface area contributed by atoms with Crippen molar-refractivity contribution in [2.75, 3.05) is 0 Å². The SMILES string of the molecule is CC(=O)[C@H]1[C@@H]2[C@H]3CC[C@@H](C(C)C)[C@]3(C)CC[C@]2(C)[C@@H](Br)C[C@@H]1O. The molecule has 0 heterocycles. The van der Waals surface area contributed by atoms with Crippen molar-refractivity contribution in [1.29, 1.82) is 0 Å². The van der Waals surface area contributed by atoms with Crippen molar-refractivity contribution < 1.29 is 9.90 Å². The lowest BCUT2D eigenvalue weighted by atomic mass is 9.45. The van der Waals surface area contributed by atoms with E-state index in [0.717, 1.165) is 5.92 Å². The van der Waals surface area contributed by atoms with E-state index in [9.17, 15) is 9.90 Å². The van der Waals surface area contributed by atoms with Crippen LogP contribution in [-0.2, 0) is 4.79 Å². The van der Waals surface area contributed by atoms with Crippen molar-refractivity contribution >= 4 is 21.7 Å². The zero-order valence-corrected chi connectivity index (χ0v) is 16.9. The Labute approximate surface area is 149 Å². The number of rotatable bonds is 2. The summed E-state index contributed by atoms with van der Waals surface area (Å²) in [5.74, 6) is 2.42. The van der Waals surface area contributed by atoms with Crippen LogP contribution in [0.1, 0.15) is 66.7 Å². The van der Waals surface area contributed by atoms with Gasteiger partial charge in [0.25, 0.3) is 0 Å². The molecule has 3 heteroatoms. The summed E-state index contributed by atoms with van der Waals surface area (Å²) >= 11 is 3.89. The maximum atomic E-state index is 12.4. The molecule has 0 spiro atoms. The first-order chi connectivity index (χ1) is 10.6. The van der Waals surface area contributed by atoms with E-state index < -0.39 is 6.10 Å². The fourth-order valence-electron chi connectivity index (χ4n) is 6.93. The van der Waals surface area contributed by atoms with Gasteiger partial charge < -0.3 is 5.11 Å². The Balaban J connectivity index is 2.04. The molecule has 0 aromatic heterocycles. The molecule has 132 valence electrons. The van der Waals surface area contributed by atoms with Gasteiger partial charge in [0.15, 0.2) is 0 Å². The summed E-state index contributed by atoms with van der Waals surface area (Å²) in [7, 11) is 0. The predicted molar refractivity (Wildman–Crippen MR) is 97.5 cm³/mol. The van der Waals surface area contributed by atoms with E-state index >= 15 is 0 Å². The number of carbonyl (C=O) groups is 1. The molecule has 3 aliphatic carbocycles. The number of halogens is 1. The Kier molecular flexibility index (Phi) is 4.54. The number of aliphatic hydroxyl groups is 1. The molecule has 0 aliphatic heterocycles. The summed E-state index contributed by atoms with van der Waals surface area (Å²) < 4.78 is 0. The van der Waals surface area contributed by atoms with Crippen LogP contribution in [0.2, 0.25) is 0 Å². The maximum absolute atomic E-state index is 12.4. The number of hydrogen-bond acceptors (Lipinski definition) is 2. The molecule has 0 radical (unpaired) electrons. The second kappa shape index (κ2) is 5.83. The van der Waals surface area contributed by atoms with Crippen LogP contribution in [0.5, 0.6) is 0 Å². The third-order valence-corrected chi connectivity index (χ3v) is 9.54. The molecule has 0 bridgehead atoms. The number of alkyl halides is 1. The molecule has 8 atom stereocenters. The van der Waals surface area contributed by atoms with E-state index in [1.54, 1.807) is 6.92 Å². The van der Waals surface area contributed by atoms with Gasteiger partial charge in [-0.05, 0) is 73.5 Å². The summed E-state index contributed by atoms with van der Waals surface area (Å²) in [5, 5.41) is 10.7. The molecular weight excluding hydrogens is 352 g/mol. The number of Topliss-reactive ketones (excluding diaryl/α,β-unsaturated/α-hetero) is 1. The first kappa shape index (κ1) is 17.9. The molecule has 3 fully saturated rings. The molecule has 3 saturated carbocycles. The fraction of sp³-hybridized carbons (Fsp3) is 0.950. The van der Waals surface area contributed by atoms with Crippen molar-refractivity contribution in [3.8, 4) is 0 Å². The molecule has 2 nitrogen and oxygen atoms in total. The lowest BCUT2D eigenvalue weighted by molar-refractivity contribution is -0.153. The van der Waals surface area contributed by atoms with E-state index in [1.807, 2.05) is 0 Å². The summed E-state index contributed by atoms with van der Waals surface area (Å²) in [4.78, 5) is 12.8. The lowest BCUT2D eigenvalue weighted by Gasteiger charge is -2.61. The number of carbonyl (C=O) groups excluding carboxylic acids is 1. The largest absolute Gasteiger partial charge is 0.392 e. The highest BCUT2D eigenvalue weighted by Crippen LogP contribution is 2.68. The number of aliphatic hydroxyl groups excluding tert-OH is 1. The minimum atomic E-state index is -0.476. The molecule has 1 N–H and O–H groups in total. The molecule has 0 saturated heterocycles. The van der Waals surface area contributed by atoms with Gasteiger partial charge in [0.2, 0.25) is 0 Å². The molecular formula is C20H33BrO2. The third kappa shape index (κ3) is 2.47. The lowest BCUT2D eigenvalue weighted by Crippen LogP contribution is -2.60. The van der Waals surface area contributed by atoms with Crippen LogP contribution in [0, 0.1) is 40.4 Å². The highest BCUT2D eigenvalue weighted by Gasteiger charge is 2.64. The van der Waals surface area contributed by atoms with Crippen molar-refractivity contribution in [3.63, 3.8) is 0 Å². The molecule has 3 rings (SSSR count). The number of fused-ring (bicyclic) bond motifs is 3. The Morgan fingerprint density at radius 3 is 2.35 bits per heavy atom. The van der Waals surface area contributed by atoms with Crippen molar-refractivity contribution in [1.82, 2.24) is 0 Å². The maximum Gasteiger partial charge on any atom is 0.135 e. The topological polar surface area (TPSA) is 37.3 Å². The predicted octanol–water partition coefficient (Wildman–Crippen LogP) is 4.82. The highest BCUT2D eigenvalue weighted by molar-refractivity contribution is 9.09. The quantitative estimate of drug-likeness (QED) is 0.692. The van der Waals surface area contributed by atoms with E-state index in [2.05, 4.69) is 43.6 Å². The van der Waals surface area contributed by atoms with Gasteiger partial charge in [0.05, 0.1) is 6.10 Å². The van der Waals surface area contributed by atoms with Crippen LogP contribution in [0.15, 0.2) is 0 Å². The average molecular weight is 385 g/mol. The monoisotopic (exact) mass is 384 g/mol. The van der Waals surface area contributed by atoms with Crippen LogP contribution in [0.3, 0.4) is 0 Å². The minimum absolute atomic E-state index is 0.144. The molecule has 0 aromatic carbocycles. The summed E-state index contributed by atoms with van der Waals surface area (Å²) in [6.07, 6.45) is 5.22. The van der Waals surface area contributed by atoms with Crippen LogP contribution in [0.25, 0.3) is 0 Å². The zero-order chi connectivity index (χ0) is 17.2. The van der Waals surface area contributed by atoms with Crippen LogP contribution in [-0.4, -0.2) is 21.8 Å². The van der Waals surface area contributed by atoms with Gasteiger partial charge in [-0.3, -0.25) is 4.79 Å². The zero-order valence-electron chi connectivity index (χ0n) is 15.3. The van der Waals surface area contributed by atoms with Crippen LogP contribution in [0.4, 0.5) is 0 Å². The van der Waals surface area contributed by atoms with E-state index in [4.69, 9.17) is 0 Å². The molecule has 0 aromatic rings. The number of hydrogen-bond donors (Lipinski definition) is 1. The van der Waals surface area contributed by atoms with Gasteiger partial charge >= 0.3 is 0 Å². The molecule has 0 unspecified atom stereocenters. The Bertz CT molecular complexity index is 490. The fourth-order valence-corrected chi connectivity index (χ4v) is 7.85. The summed E-state index contributed by atoms with van der Waals surface area (Å²) in [5.41, 5.74) is 0.488. The Morgan fingerprint density at radius 1 is 1.17 bits per heavy atom. The first-order valence-corrected chi connectivity index (χ1v) is 10.4. The highest BCUT2D eigenvalue weighted by atomic mass is 79.9. The van der Waals surface area contributed by atoms with Crippen molar-refractivity contribution in [2.24, 2.45) is 40.4 Å². The number of ketones is 1. The van der Waals surface area contributed by atoms with E-state index in [-0.39, 0.29) is 17.1 Å². The normalized spacial score (nSPS) is 53.0. The van der Waals surface area contributed by atoms with Gasteiger partial charge in [0.1, 0.15) is 5.78 Å². The van der Waals surface area contributed by atoms with Gasteiger partial charge in [-0.2, -0.15) is 0 Å². The van der Waals surface area contributed by atoms with Crippen molar-refractivity contribution in [2.45, 2.75) is 77.7 Å². The third-order valence-electron chi connectivity index (χ3n) is 8.12. The molecule has 3 aliphatic rings. The second-order valence-corrected chi connectivity index (χ2v) is 10.6. The van der Waals surface area contributed by atoms with E-state index in [1.165, 1.54) is 25.7 Å². The van der Waals surface area contributed by atoms with Gasteiger partial charge in [-0.1, -0.05) is 43.6 Å². The standard InChI is InChI=1S/C20H33BrO2/c1-11(2)13-6-7-14-18-17(12(3)22)15(23)10-16(21)20(18,5)9-8-19(13,14)4/h11,13-18,23H,6-10H2,1-5H3/t13-,14+,15-,16-,17+,18-,19-,20+/m0/s1. The van der Waals surface area contributed by atoms with Crippen LogP contribution < -0.4 is 0 Å². The first-order valence-electron chi connectivity index (χ1n) is 9.45.